The van der Waals surface area contributed by atoms with Gasteiger partial charge in [0.1, 0.15) is 0 Å². The molecule has 1 aromatic heterocycles. The van der Waals surface area contributed by atoms with E-state index in [4.69, 9.17) is 16.3 Å². The molecule has 1 amide bonds. The summed E-state index contributed by atoms with van der Waals surface area (Å²) in [7, 11) is 1.78. The standard InChI is InChI=1S/C20H23ClF3N3O2S/c1-13(26(2)12-15-4-6-18(21)30-15)19(28)25-16-11-14(20(22,23)24)3-5-17(16)27-7-9-29-10-8-27/h3-6,11,13H,7-10,12H2,1-2H3,(H,25,28)/t13-/m0/s1. The van der Waals surface area contributed by atoms with E-state index in [1.54, 1.807) is 20.0 Å². The molecular weight excluding hydrogens is 439 g/mol. The Bertz CT molecular complexity index is 884. The molecular formula is C20H23ClF3N3O2S. The second kappa shape index (κ2) is 9.55. The van der Waals surface area contributed by atoms with E-state index in [1.807, 2.05) is 15.9 Å². The number of amides is 1. The Morgan fingerprint density at radius 3 is 2.60 bits per heavy atom. The molecule has 0 radical (unpaired) electrons. The maximum atomic E-state index is 13.2. The number of hydrogen-bond acceptors (Lipinski definition) is 5. The number of thiophene rings is 1. The summed E-state index contributed by atoms with van der Waals surface area (Å²) in [4.78, 5) is 17.6. The maximum absolute atomic E-state index is 13.2. The van der Waals surface area contributed by atoms with Crippen molar-refractivity contribution in [2.45, 2.75) is 25.7 Å². The number of alkyl halides is 3. The number of rotatable bonds is 6. The van der Waals surface area contributed by atoms with Crippen LogP contribution in [0.25, 0.3) is 0 Å². The molecule has 0 unspecified atom stereocenters. The lowest BCUT2D eigenvalue weighted by Crippen LogP contribution is -2.40. The van der Waals surface area contributed by atoms with Crippen LogP contribution >= 0.6 is 22.9 Å². The average Bonchev–Trinajstić information content (AvgIpc) is 3.11. The number of nitrogens with zero attached hydrogens (tertiary/aromatic N) is 2. The Morgan fingerprint density at radius 1 is 1.30 bits per heavy atom. The highest BCUT2D eigenvalue weighted by Gasteiger charge is 2.32. The molecule has 164 valence electrons. The fraction of sp³-hybridized carbons (Fsp3) is 0.450. The fourth-order valence-corrected chi connectivity index (χ4v) is 4.30. The number of ether oxygens (including phenoxy) is 1. The van der Waals surface area contributed by atoms with Crippen LogP contribution in [-0.4, -0.2) is 50.2 Å². The lowest BCUT2D eigenvalue weighted by atomic mass is 10.1. The lowest BCUT2D eigenvalue weighted by Gasteiger charge is -2.31. The molecule has 0 bridgehead atoms. The van der Waals surface area contributed by atoms with Gasteiger partial charge in [-0.2, -0.15) is 13.2 Å². The smallest absolute Gasteiger partial charge is 0.378 e. The van der Waals surface area contributed by atoms with Crippen molar-refractivity contribution < 1.29 is 22.7 Å². The summed E-state index contributed by atoms with van der Waals surface area (Å²) in [5, 5.41) is 2.71. The van der Waals surface area contributed by atoms with Gasteiger partial charge in [0.25, 0.3) is 0 Å². The van der Waals surface area contributed by atoms with Crippen LogP contribution in [0, 0.1) is 0 Å². The largest absolute Gasteiger partial charge is 0.416 e. The lowest BCUT2D eigenvalue weighted by molar-refractivity contribution is -0.137. The zero-order chi connectivity index (χ0) is 21.9. The third kappa shape index (κ3) is 5.66. The molecule has 2 aromatic rings. The van der Waals surface area contributed by atoms with E-state index in [2.05, 4.69) is 5.32 Å². The summed E-state index contributed by atoms with van der Waals surface area (Å²) in [6, 6.07) is 6.56. The number of carbonyl (C=O) groups is 1. The van der Waals surface area contributed by atoms with E-state index in [9.17, 15) is 18.0 Å². The van der Waals surface area contributed by atoms with Crippen LogP contribution < -0.4 is 10.2 Å². The van der Waals surface area contributed by atoms with Crippen molar-refractivity contribution >= 4 is 40.2 Å². The maximum Gasteiger partial charge on any atom is 0.416 e. The van der Waals surface area contributed by atoms with Crippen molar-refractivity contribution in [3.8, 4) is 0 Å². The van der Waals surface area contributed by atoms with Gasteiger partial charge in [-0.25, -0.2) is 0 Å². The van der Waals surface area contributed by atoms with Crippen molar-refractivity contribution in [1.29, 1.82) is 0 Å². The van der Waals surface area contributed by atoms with E-state index < -0.39 is 17.8 Å². The van der Waals surface area contributed by atoms with Crippen molar-refractivity contribution in [2.24, 2.45) is 0 Å². The molecule has 1 aliphatic rings. The van der Waals surface area contributed by atoms with Crippen molar-refractivity contribution in [1.82, 2.24) is 4.90 Å². The van der Waals surface area contributed by atoms with E-state index in [0.717, 1.165) is 17.0 Å². The Hall–Kier alpha value is -1.81. The predicted molar refractivity (Wildman–Crippen MR) is 113 cm³/mol. The van der Waals surface area contributed by atoms with Crippen LogP contribution in [0.1, 0.15) is 17.4 Å². The number of hydrogen-bond donors (Lipinski definition) is 1. The number of morpholine rings is 1. The minimum absolute atomic E-state index is 0.149. The minimum atomic E-state index is -4.50. The van der Waals surface area contributed by atoms with Crippen LogP contribution in [0.3, 0.4) is 0 Å². The Balaban J connectivity index is 1.79. The van der Waals surface area contributed by atoms with Gasteiger partial charge in [-0.3, -0.25) is 9.69 Å². The molecule has 10 heteroatoms. The monoisotopic (exact) mass is 461 g/mol. The van der Waals surface area contributed by atoms with E-state index in [1.165, 1.54) is 17.4 Å². The molecule has 0 spiro atoms. The molecule has 1 aliphatic heterocycles. The van der Waals surface area contributed by atoms with E-state index in [-0.39, 0.29) is 11.6 Å². The summed E-state index contributed by atoms with van der Waals surface area (Å²) in [6.07, 6.45) is -4.50. The number of likely N-dealkylation sites (N-methyl/N-ethyl adjacent to an activating group) is 1. The first-order chi connectivity index (χ1) is 14.1. The number of nitrogens with one attached hydrogen (secondary N) is 1. The van der Waals surface area contributed by atoms with Gasteiger partial charge in [-0.1, -0.05) is 11.6 Å². The van der Waals surface area contributed by atoms with Gasteiger partial charge in [-0.05, 0) is 44.3 Å². The van der Waals surface area contributed by atoms with Gasteiger partial charge in [0.05, 0.1) is 40.5 Å². The Kier molecular flexibility index (Phi) is 7.28. The molecule has 0 aliphatic carbocycles. The third-order valence-electron chi connectivity index (χ3n) is 5.01. The van der Waals surface area contributed by atoms with Gasteiger partial charge in [0.15, 0.2) is 0 Å². The summed E-state index contributed by atoms with van der Waals surface area (Å²) in [5.41, 5.74) is -0.0975. The first-order valence-electron chi connectivity index (χ1n) is 9.44. The molecule has 3 rings (SSSR count). The molecule has 1 saturated heterocycles. The second-order valence-corrected chi connectivity index (χ2v) is 8.91. The summed E-state index contributed by atoms with van der Waals surface area (Å²) in [5.74, 6) is -0.381. The first-order valence-corrected chi connectivity index (χ1v) is 10.6. The topological polar surface area (TPSA) is 44.8 Å². The van der Waals surface area contributed by atoms with Crippen LogP contribution in [-0.2, 0) is 22.3 Å². The zero-order valence-corrected chi connectivity index (χ0v) is 18.2. The molecule has 1 fully saturated rings. The fourth-order valence-electron chi connectivity index (χ4n) is 3.15. The van der Waals surface area contributed by atoms with Crippen molar-refractivity contribution in [3.63, 3.8) is 0 Å². The van der Waals surface area contributed by atoms with Crippen LogP contribution in [0.5, 0.6) is 0 Å². The molecule has 0 saturated carbocycles. The van der Waals surface area contributed by atoms with Gasteiger partial charge in [0, 0.05) is 24.5 Å². The highest BCUT2D eigenvalue weighted by molar-refractivity contribution is 7.16. The van der Waals surface area contributed by atoms with Crippen molar-refractivity contribution in [3.05, 3.63) is 45.1 Å². The summed E-state index contributed by atoms with van der Waals surface area (Å²) < 4.78 is 45.7. The van der Waals surface area contributed by atoms with E-state index in [0.29, 0.717) is 42.9 Å². The number of benzene rings is 1. The Labute approximate surface area is 182 Å². The highest BCUT2D eigenvalue weighted by atomic mass is 35.5. The SMILES string of the molecule is C[C@@H](C(=O)Nc1cc(C(F)(F)F)ccc1N1CCOCC1)N(C)Cc1ccc(Cl)s1. The van der Waals surface area contributed by atoms with Crippen LogP contribution in [0.15, 0.2) is 30.3 Å². The van der Waals surface area contributed by atoms with Crippen LogP contribution in [0.4, 0.5) is 24.5 Å². The number of anilines is 2. The predicted octanol–water partition coefficient (Wildman–Crippen LogP) is 4.72. The van der Waals surface area contributed by atoms with Crippen molar-refractivity contribution in [2.75, 3.05) is 43.6 Å². The van der Waals surface area contributed by atoms with Gasteiger partial charge < -0.3 is 15.0 Å². The number of halogens is 4. The summed E-state index contributed by atoms with van der Waals surface area (Å²) in [6.45, 7) is 4.27. The quantitative estimate of drug-likeness (QED) is 0.676. The molecule has 1 aromatic carbocycles. The first kappa shape index (κ1) is 22.9. The average molecular weight is 462 g/mol. The zero-order valence-electron chi connectivity index (χ0n) is 16.6. The normalized spacial score (nSPS) is 16.0. The van der Waals surface area contributed by atoms with Crippen LogP contribution in [0.2, 0.25) is 4.34 Å². The number of carbonyl (C=O) groups excluding carboxylic acids is 1. The van der Waals surface area contributed by atoms with Gasteiger partial charge in [0.2, 0.25) is 5.91 Å². The minimum Gasteiger partial charge on any atom is -0.378 e. The molecule has 1 N–H and O–H groups in total. The van der Waals surface area contributed by atoms with Gasteiger partial charge in [-0.15, -0.1) is 11.3 Å². The Morgan fingerprint density at radius 2 is 2.00 bits per heavy atom. The molecule has 30 heavy (non-hydrogen) atoms. The second-order valence-electron chi connectivity index (χ2n) is 7.12. The summed E-state index contributed by atoms with van der Waals surface area (Å²) >= 11 is 7.38. The molecule has 2 heterocycles. The van der Waals surface area contributed by atoms with Gasteiger partial charge >= 0.3 is 6.18 Å². The molecule has 5 nitrogen and oxygen atoms in total. The van der Waals surface area contributed by atoms with E-state index >= 15 is 0 Å². The third-order valence-corrected chi connectivity index (χ3v) is 6.22. The molecule has 1 atom stereocenters. The highest BCUT2D eigenvalue weighted by Crippen LogP contribution is 2.36.